The largest absolute Gasteiger partial charge is 0.481 e. The van der Waals surface area contributed by atoms with Crippen molar-refractivity contribution in [2.75, 3.05) is 13.2 Å². The maximum Gasteiger partial charge on any atom is 0.304 e. The predicted octanol–water partition coefficient (Wildman–Crippen LogP) is 2.45. The van der Waals surface area contributed by atoms with Gasteiger partial charge in [0.15, 0.2) is 0 Å². The highest BCUT2D eigenvalue weighted by Gasteiger charge is 2.37. The van der Waals surface area contributed by atoms with Crippen molar-refractivity contribution in [2.45, 2.75) is 51.5 Å². The summed E-state index contributed by atoms with van der Waals surface area (Å²) in [5.74, 6) is -0.532. The highest BCUT2D eigenvalue weighted by Crippen LogP contribution is 2.27. The van der Waals surface area contributed by atoms with E-state index in [9.17, 15) is 4.79 Å². The van der Waals surface area contributed by atoms with Crippen molar-refractivity contribution in [1.82, 2.24) is 5.32 Å². The van der Waals surface area contributed by atoms with Crippen molar-refractivity contribution in [1.29, 1.82) is 0 Å². The SMILES string of the molecule is CC[C@H]1OC[C@@H](NCCC(=O)O)[C@@H](OCc2ccccc2)[C@H]1C. The Kier molecular flexibility index (Phi) is 7.02. The molecule has 0 aromatic heterocycles. The number of nitrogens with one attached hydrogen (secondary N) is 1. The summed E-state index contributed by atoms with van der Waals surface area (Å²) >= 11 is 0. The van der Waals surface area contributed by atoms with Crippen molar-refractivity contribution in [3.63, 3.8) is 0 Å². The van der Waals surface area contributed by atoms with Crippen LogP contribution in [0.3, 0.4) is 0 Å². The fourth-order valence-corrected chi connectivity index (χ4v) is 3.12. The van der Waals surface area contributed by atoms with E-state index in [-0.39, 0.29) is 30.6 Å². The first-order valence-corrected chi connectivity index (χ1v) is 8.34. The molecular weight excluding hydrogens is 294 g/mol. The number of benzene rings is 1. The zero-order chi connectivity index (χ0) is 16.7. The Labute approximate surface area is 138 Å². The Balaban J connectivity index is 1.96. The molecule has 0 bridgehead atoms. The fourth-order valence-electron chi connectivity index (χ4n) is 3.12. The molecular formula is C18H27NO4. The third kappa shape index (κ3) is 5.30. The summed E-state index contributed by atoms with van der Waals surface area (Å²) in [5, 5.41) is 12.1. The van der Waals surface area contributed by atoms with Gasteiger partial charge < -0.3 is 19.9 Å². The summed E-state index contributed by atoms with van der Waals surface area (Å²) in [4.78, 5) is 10.7. The lowest BCUT2D eigenvalue weighted by molar-refractivity contribution is -0.140. The number of carbonyl (C=O) groups is 1. The van der Waals surface area contributed by atoms with Crippen LogP contribution in [0.2, 0.25) is 0 Å². The lowest BCUT2D eigenvalue weighted by Gasteiger charge is -2.41. The molecule has 1 saturated heterocycles. The fraction of sp³-hybridized carbons (Fsp3) is 0.611. The molecule has 1 aromatic carbocycles. The van der Waals surface area contributed by atoms with Crippen molar-refractivity contribution < 1.29 is 19.4 Å². The minimum atomic E-state index is -0.796. The van der Waals surface area contributed by atoms with Crippen LogP contribution >= 0.6 is 0 Å². The topological polar surface area (TPSA) is 67.8 Å². The Hall–Kier alpha value is -1.43. The summed E-state index contributed by atoms with van der Waals surface area (Å²) < 4.78 is 12.1. The van der Waals surface area contributed by atoms with E-state index in [2.05, 4.69) is 19.2 Å². The highest BCUT2D eigenvalue weighted by atomic mass is 16.5. The van der Waals surface area contributed by atoms with Crippen LogP contribution < -0.4 is 5.32 Å². The molecule has 1 aliphatic rings. The standard InChI is InChI=1S/C18H27NO4/c1-3-16-13(2)18(23-11-14-7-5-4-6-8-14)15(12-22-16)19-10-9-17(20)21/h4-8,13,15-16,18-19H,3,9-12H2,1-2H3,(H,20,21)/t13-,15+,16+,18-/m0/s1. The predicted molar refractivity (Wildman–Crippen MR) is 88.3 cm³/mol. The number of carboxylic acids is 1. The summed E-state index contributed by atoms with van der Waals surface area (Å²) in [6.07, 6.45) is 1.26. The second-order valence-electron chi connectivity index (χ2n) is 6.10. The van der Waals surface area contributed by atoms with Crippen LogP contribution in [0.4, 0.5) is 0 Å². The lowest BCUT2D eigenvalue weighted by Crippen LogP contribution is -2.55. The van der Waals surface area contributed by atoms with Gasteiger partial charge in [0, 0.05) is 12.5 Å². The maximum absolute atomic E-state index is 10.7. The van der Waals surface area contributed by atoms with Crippen molar-refractivity contribution >= 4 is 5.97 Å². The molecule has 0 amide bonds. The number of ether oxygens (including phenoxy) is 2. The van der Waals surface area contributed by atoms with E-state index in [1.54, 1.807) is 0 Å². The van der Waals surface area contributed by atoms with E-state index in [4.69, 9.17) is 14.6 Å². The zero-order valence-corrected chi connectivity index (χ0v) is 13.9. The summed E-state index contributed by atoms with van der Waals surface area (Å²) in [6.45, 7) is 5.81. The van der Waals surface area contributed by atoms with Gasteiger partial charge in [-0.1, -0.05) is 44.2 Å². The van der Waals surface area contributed by atoms with Crippen LogP contribution in [0.15, 0.2) is 30.3 Å². The highest BCUT2D eigenvalue weighted by molar-refractivity contribution is 5.66. The second kappa shape index (κ2) is 9.01. The van der Waals surface area contributed by atoms with Gasteiger partial charge in [-0.15, -0.1) is 0 Å². The monoisotopic (exact) mass is 321 g/mol. The molecule has 0 aliphatic carbocycles. The Bertz CT molecular complexity index is 479. The molecule has 0 unspecified atom stereocenters. The number of aliphatic carboxylic acids is 1. The molecule has 2 N–H and O–H groups in total. The van der Waals surface area contributed by atoms with Crippen LogP contribution in [0.1, 0.15) is 32.3 Å². The van der Waals surface area contributed by atoms with Gasteiger partial charge in [-0.25, -0.2) is 0 Å². The molecule has 1 heterocycles. The van der Waals surface area contributed by atoms with E-state index in [0.29, 0.717) is 19.8 Å². The Morgan fingerprint density at radius 2 is 2.13 bits per heavy atom. The molecule has 4 atom stereocenters. The molecule has 128 valence electrons. The quantitative estimate of drug-likeness (QED) is 0.770. The first-order chi connectivity index (χ1) is 11.1. The van der Waals surface area contributed by atoms with Crippen LogP contribution in [0.5, 0.6) is 0 Å². The molecule has 1 fully saturated rings. The first-order valence-electron chi connectivity index (χ1n) is 8.34. The van der Waals surface area contributed by atoms with E-state index in [0.717, 1.165) is 12.0 Å². The van der Waals surface area contributed by atoms with E-state index < -0.39 is 5.97 Å². The van der Waals surface area contributed by atoms with Gasteiger partial charge >= 0.3 is 5.97 Å². The second-order valence-corrected chi connectivity index (χ2v) is 6.10. The van der Waals surface area contributed by atoms with E-state index in [1.807, 2.05) is 30.3 Å². The smallest absolute Gasteiger partial charge is 0.304 e. The first kappa shape index (κ1) is 17.9. The van der Waals surface area contributed by atoms with Crippen molar-refractivity contribution in [3.05, 3.63) is 35.9 Å². The minimum Gasteiger partial charge on any atom is -0.481 e. The number of hydrogen-bond donors (Lipinski definition) is 2. The molecule has 0 saturated carbocycles. The maximum atomic E-state index is 10.7. The molecule has 2 rings (SSSR count). The number of hydrogen-bond acceptors (Lipinski definition) is 4. The number of rotatable bonds is 8. The number of carboxylic acid groups (broad SMARTS) is 1. The lowest BCUT2D eigenvalue weighted by atomic mass is 9.88. The average molecular weight is 321 g/mol. The molecule has 1 aromatic rings. The van der Waals surface area contributed by atoms with Crippen LogP contribution in [0, 0.1) is 5.92 Å². The van der Waals surface area contributed by atoms with Crippen molar-refractivity contribution in [3.8, 4) is 0 Å². The van der Waals surface area contributed by atoms with Gasteiger partial charge in [0.25, 0.3) is 0 Å². The zero-order valence-electron chi connectivity index (χ0n) is 13.9. The summed E-state index contributed by atoms with van der Waals surface area (Å²) in [6, 6.07) is 10.1. The van der Waals surface area contributed by atoms with Crippen molar-refractivity contribution in [2.24, 2.45) is 5.92 Å². The summed E-state index contributed by atoms with van der Waals surface area (Å²) in [7, 11) is 0. The Morgan fingerprint density at radius 3 is 2.78 bits per heavy atom. The van der Waals surface area contributed by atoms with E-state index >= 15 is 0 Å². The third-order valence-corrected chi connectivity index (χ3v) is 4.42. The molecule has 1 aliphatic heterocycles. The van der Waals surface area contributed by atoms with Gasteiger partial charge in [0.2, 0.25) is 0 Å². The molecule has 0 radical (unpaired) electrons. The van der Waals surface area contributed by atoms with Gasteiger partial charge in [-0.2, -0.15) is 0 Å². The molecule has 5 heteroatoms. The van der Waals surface area contributed by atoms with Gasteiger partial charge in [-0.3, -0.25) is 4.79 Å². The van der Waals surface area contributed by atoms with Crippen LogP contribution in [0.25, 0.3) is 0 Å². The van der Waals surface area contributed by atoms with E-state index in [1.165, 1.54) is 0 Å². The van der Waals surface area contributed by atoms with Crippen LogP contribution in [-0.2, 0) is 20.9 Å². The summed E-state index contributed by atoms with van der Waals surface area (Å²) in [5.41, 5.74) is 1.14. The molecule has 23 heavy (non-hydrogen) atoms. The molecule has 0 spiro atoms. The van der Waals surface area contributed by atoms with Crippen LogP contribution in [-0.4, -0.2) is 42.5 Å². The minimum absolute atomic E-state index is 0.0164. The van der Waals surface area contributed by atoms with Gasteiger partial charge in [0.05, 0.1) is 37.9 Å². The van der Waals surface area contributed by atoms with Gasteiger partial charge in [0.1, 0.15) is 0 Å². The normalized spacial score (nSPS) is 27.7. The Morgan fingerprint density at radius 1 is 1.39 bits per heavy atom. The third-order valence-electron chi connectivity index (χ3n) is 4.42. The van der Waals surface area contributed by atoms with Gasteiger partial charge in [-0.05, 0) is 12.0 Å². The average Bonchev–Trinajstić information content (AvgIpc) is 2.55. The molecule has 5 nitrogen and oxygen atoms in total.